The number of hydrogen-bond acceptors (Lipinski definition) is 2. The number of rotatable bonds is 9. The molecule has 0 saturated heterocycles. The van der Waals surface area contributed by atoms with E-state index in [1.165, 1.54) is 5.56 Å². The number of esters is 1. The van der Waals surface area contributed by atoms with E-state index in [1.54, 1.807) is 12.1 Å². The van der Waals surface area contributed by atoms with Gasteiger partial charge in [-0.25, -0.2) is 4.79 Å². The third-order valence-electron chi connectivity index (χ3n) is 3.98. The third kappa shape index (κ3) is 6.27. The standard InChI is InChI=1S/C21H26O2/c1-2-11-20(23-21(22)19-15-7-4-8-16-19)17-10-9-14-18-12-5-3-6-13-18/h3-8,12-13,15-16,20H,2,9-11,14,17H2,1H3. The van der Waals surface area contributed by atoms with Crippen molar-refractivity contribution in [1.82, 2.24) is 0 Å². The van der Waals surface area contributed by atoms with Gasteiger partial charge in [-0.1, -0.05) is 61.9 Å². The lowest BCUT2D eigenvalue weighted by Crippen LogP contribution is -2.18. The van der Waals surface area contributed by atoms with Gasteiger partial charge in [-0.2, -0.15) is 0 Å². The maximum absolute atomic E-state index is 12.2. The molecule has 2 heteroatoms. The van der Waals surface area contributed by atoms with Crippen molar-refractivity contribution in [1.29, 1.82) is 0 Å². The van der Waals surface area contributed by atoms with Gasteiger partial charge in [-0.3, -0.25) is 0 Å². The van der Waals surface area contributed by atoms with E-state index < -0.39 is 0 Å². The molecule has 0 radical (unpaired) electrons. The van der Waals surface area contributed by atoms with E-state index in [-0.39, 0.29) is 12.1 Å². The highest BCUT2D eigenvalue weighted by Crippen LogP contribution is 2.15. The first-order valence-corrected chi connectivity index (χ1v) is 8.59. The maximum atomic E-state index is 12.2. The lowest BCUT2D eigenvalue weighted by molar-refractivity contribution is 0.0254. The highest BCUT2D eigenvalue weighted by molar-refractivity contribution is 5.89. The molecule has 0 heterocycles. The molecule has 0 spiro atoms. The summed E-state index contributed by atoms with van der Waals surface area (Å²) in [5.41, 5.74) is 2.01. The van der Waals surface area contributed by atoms with E-state index in [1.807, 2.05) is 24.3 Å². The van der Waals surface area contributed by atoms with Crippen molar-refractivity contribution in [2.24, 2.45) is 0 Å². The first-order chi connectivity index (χ1) is 11.3. The third-order valence-corrected chi connectivity index (χ3v) is 3.98. The quantitative estimate of drug-likeness (QED) is 0.456. The molecule has 0 N–H and O–H groups in total. The van der Waals surface area contributed by atoms with E-state index in [2.05, 4.69) is 31.2 Å². The van der Waals surface area contributed by atoms with Crippen LogP contribution in [0.2, 0.25) is 0 Å². The fourth-order valence-electron chi connectivity index (χ4n) is 2.72. The SMILES string of the molecule is CCCC(CCCCc1ccccc1)OC(=O)c1ccccc1. The van der Waals surface area contributed by atoms with Crippen molar-refractivity contribution >= 4 is 5.97 Å². The maximum Gasteiger partial charge on any atom is 0.338 e. The Morgan fingerprint density at radius 2 is 1.57 bits per heavy atom. The van der Waals surface area contributed by atoms with Crippen LogP contribution < -0.4 is 0 Å². The molecule has 0 amide bonds. The molecule has 0 fully saturated rings. The molecule has 1 unspecified atom stereocenters. The Morgan fingerprint density at radius 1 is 0.913 bits per heavy atom. The molecule has 122 valence electrons. The van der Waals surface area contributed by atoms with Gasteiger partial charge >= 0.3 is 5.97 Å². The van der Waals surface area contributed by atoms with Gasteiger partial charge in [-0.15, -0.1) is 0 Å². The number of aryl methyl sites for hydroxylation is 1. The summed E-state index contributed by atoms with van der Waals surface area (Å²) in [5, 5.41) is 0. The van der Waals surface area contributed by atoms with Crippen LogP contribution >= 0.6 is 0 Å². The summed E-state index contributed by atoms with van der Waals surface area (Å²) in [6, 6.07) is 19.8. The fourth-order valence-corrected chi connectivity index (χ4v) is 2.72. The summed E-state index contributed by atoms with van der Waals surface area (Å²) in [5.74, 6) is -0.202. The Balaban J connectivity index is 1.76. The van der Waals surface area contributed by atoms with Gasteiger partial charge in [0.15, 0.2) is 0 Å². The van der Waals surface area contributed by atoms with Crippen LogP contribution in [0.5, 0.6) is 0 Å². The second kappa shape index (κ2) is 9.83. The molecule has 0 saturated carbocycles. The van der Waals surface area contributed by atoms with Crippen LogP contribution in [0.4, 0.5) is 0 Å². The van der Waals surface area contributed by atoms with E-state index in [0.29, 0.717) is 5.56 Å². The van der Waals surface area contributed by atoms with Crippen LogP contribution in [0.15, 0.2) is 60.7 Å². The molecule has 0 bridgehead atoms. The largest absolute Gasteiger partial charge is 0.459 e. The number of ether oxygens (including phenoxy) is 1. The van der Waals surface area contributed by atoms with E-state index >= 15 is 0 Å². The first kappa shape index (κ1) is 17.3. The normalized spacial score (nSPS) is 11.9. The Kier molecular flexibility index (Phi) is 7.38. The van der Waals surface area contributed by atoms with Gasteiger partial charge in [0.2, 0.25) is 0 Å². The molecular weight excluding hydrogens is 284 g/mol. The first-order valence-electron chi connectivity index (χ1n) is 8.59. The Labute approximate surface area is 139 Å². The molecule has 0 aromatic heterocycles. The minimum atomic E-state index is -0.202. The zero-order chi connectivity index (χ0) is 16.3. The molecule has 23 heavy (non-hydrogen) atoms. The van der Waals surface area contributed by atoms with Gasteiger partial charge in [0, 0.05) is 0 Å². The second-order valence-corrected chi connectivity index (χ2v) is 5.91. The average molecular weight is 310 g/mol. The summed E-state index contributed by atoms with van der Waals surface area (Å²) >= 11 is 0. The van der Waals surface area contributed by atoms with E-state index in [0.717, 1.165) is 38.5 Å². The lowest BCUT2D eigenvalue weighted by atomic mass is 10.0. The average Bonchev–Trinajstić information content (AvgIpc) is 2.60. The smallest absolute Gasteiger partial charge is 0.338 e. The van der Waals surface area contributed by atoms with Crippen LogP contribution in [0.3, 0.4) is 0 Å². The van der Waals surface area contributed by atoms with Gasteiger partial charge in [0.1, 0.15) is 6.10 Å². The molecule has 1 atom stereocenters. The van der Waals surface area contributed by atoms with Crippen LogP contribution in [-0.2, 0) is 11.2 Å². The topological polar surface area (TPSA) is 26.3 Å². The predicted octanol–water partition coefficient (Wildman–Crippen LogP) is 5.43. The Morgan fingerprint density at radius 3 is 2.22 bits per heavy atom. The molecule has 2 nitrogen and oxygen atoms in total. The van der Waals surface area contributed by atoms with Crippen LogP contribution in [0, 0.1) is 0 Å². The highest BCUT2D eigenvalue weighted by atomic mass is 16.5. The van der Waals surface area contributed by atoms with Crippen LogP contribution in [0.25, 0.3) is 0 Å². The number of unbranched alkanes of at least 4 members (excludes halogenated alkanes) is 1. The van der Waals surface area contributed by atoms with Gasteiger partial charge < -0.3 is 4.74 Å². The number of hydrogen-bond donors (Lipinski definition) is 0. The summed E-state index contributed by atoms with van der Waals surface area (Å²) in [7, 11) is 0. The summed E-state index contributed by atoms with van der Waals surface area (Å²) in [4.78, 5) is 12.2. The van der Waals surface area contributed by atoms with Crippen LogP contribution in [0.1, 0.15) is 54.9 Å². The monoisotopic (exact) mass is 310 g/mol. The van der Waals surface area contributed by atoms with Crippen molar-refractivity contribution in [2.75, 3.05) is 0 Å². The zero-order valence-corrected chi connectivity index (χ0v) is 13.9. The molecule has 0 aliphatic carbocycles. The number of benzene rings is 2. The van der Waals surface area contributed by atoms with Crippen molar-refractivity contribution in [2.45, 2.75) is 51.6 Å². The molecule has 2 rings (SSSR count). The Hall–Kier alpha value is -2.09. The van der Waals surface area contributed by atoms with Gasteiger partial charge in [0.25, 0.3) is 0 Å². The Bertz CT molecular complexity index is 563. The highest BCUT2D eigenvalue weighted by Gasteiger charge is 2.14. The molecule has 0 aliphatic heterocycles. The fraction of sp³-hybridized carbons (Fsp3) is 0.381. The molecular formula is C21H26O2. The predicted molar refractivity (Wildman–Crippen MR) is 94.6 cm³/mol. The van der Waals surface area contributed by atoms with Crippen molar-refractivity contribution in [3.8, 4) is 0 Å². The minimum Gasteiger partial charge on any atom is -0.459 e. The summed E-state index contributed by atoms with van der Waals surface area (Å²) in [6.07, 6.45) is 6.25. The zero-order valence-electron chi connectivity index (χ0n) is 13.9. The van der Waals surface area contributed by atoms with Gasteiger partial charge in [-0.05, 0) is 49.8 Å². The van der Waals surface area contributed by atoms with Crippen LogP contribution in [-0.4, -0.2) is 12.1 Å². The van der Waals surface area contributed by atoms with E-state index in [9.17, 15) is 4.79 Å². The van der Waals surface area contributed by atoms with Crippen molar-refractivity contribution in [3.63, 3.8) is 0 Å². The number of carbonyl (C=O) groups excluding carboxylic acids is 1. The van der Waals surface area contributed by atoms with Gasteiger partial charge in [0.05, 0.1) is 5.56 Å². The molecule has 2 aromatic rings. The minimum absolute atomic E-state index is 0.0310. The molecule has 2 aromatic carbocycles. The number of carbonyl (C=O) groups is 1. The van der Waals surface area contributed by atoms with Crippen molar-refractivity contribution < 1.29 is 9.53 Å². The van der Waals surface area contributed by atoms with E-state index in [4.69, 9.17) is 4.74 Å². The second-order valence-electron chi connectivity index (χ2n) is 5.91. The summed E-state index contributed by atoms with van der Waals surface area (Å²) < 4.78 is 5.69. The lowest BCUT2D eigenvalue weighted by Gasteiger charge is -2.17. The van der Waals surface area contributed by atoms with Crippen molar-refractivity contribution in [3.05, 3.63) is 71.8 Å². The summed E-state index contributed by atoms with van der Waals surface area (Å²) in [6.45, 7) is 2.13. The molecule has 0 aliphatic rings.